The fourth-order valence-electron chi connectivity index (χ4n) is 3.31. The van der Waals surface area contributed by atoms with Crippen LogP contribution >= 0.6 is 11.6 Å². The molecule has 3 rings (SSSR count). The van der Waals surface area contributed by atoms with E-state index in [-0.39, 0.29) is 0 Å². The number of carbonyl (C=O) groups excluding carboxylic acids is 1. The highest BCUT2D eigenvalue weighted by Gasteiger charge is 2.30. The van der Waals surface area contributed by atoms with Gasteiger partial charge in [0.2, 0.25) is 15.9 Å². The van der Waals surface area contributed by atoms with Gasteiger partial charge in [0.1, 0.15) is 6.04 Å². The molecule has 0 fully saturated rings. The molecule has 0 bridgehead atoms. The molecule has 1 amide bonds. The van der Waals surface area contributed by atoms with Crippen molar-refractivity contribution in [1.29, 1.82) is 0 Å². The summed E-state index contributed by atoms with van der Waals surface area (Å²) in [6, 6.07) is 24.1. The first-order valence-corrected chi connectivity index (χ1v) is 11.7. The Morgan fingerprint density at radius 2 is 1.33 bits per heavy atom. The third-order valence-electron chi connectivity index (χ3n) is 4.72. The molecule has 0 unspecified atom stereocenters. The number of hydrogen-bond acceptors (Lipinski definition) is 3. The summed E-state index contributed by atoms with van der Waals surface area (Å²) in [4.78, 5) is 13.2. The maximum atomic E-state index is 13.2. The van der Waals surface area contributed by atoms with E-state index in [0.29, 0.717) is 10.7 Å². The Labute approximate surface area is 182 Å². The summed E-state index contributed by atoms with van der Waals surface area (Å²) in [5.41, 5.74) is 2.18. The molecule has 5 nitrogen and oxygen atoms in total. The fraction of sp³-hybridized carbons (Fsp3) is 0.174. The number of rotatable bonds is 7. The molecule has 0 aliphatic rings. The molecule has 0 spiro atoms. The van der Waals surface area contributed by atoms with Crippen LogP contribution in [0, 0.1) is 0 Å². The molecule has 3 aromatic carbocycles. The highest BCUT2D eigenvalue weighted by atomic mass is 35.5. The van der Waals surface area contributed by atoms with Crippen molar-refractivity contribution in [2.75, 3.05) is 10.6 Å². The average Bonchev–Trinajstić information content (AvgIpc) is 2.73. The van der Waals surface area contributed by atoms with Gasteiger partial charge in [-0.3, -0.25) is 9.10 Å². The van der Waals surface area contributed by atoms with Crippen molar-refractivity contribution < 1.29 is 13.2 Å². The lowest BCUT2D eigenvalue weighted by Gasteiger charge is -2.30. The number of anilines is 1. The van der Waals surface area contributed by atoms with E-state index < -0.39 is 28.0 Å². The summed E-state index contributed by atoms with van der Waals surface area (Å²) < 4.78 is 26.1. The molecule has 0 aromatic heterocycles. The highest BCUT2D eigenvalue weighted by molar-refractivity contribution is 7.92. The molecule has 3 aromatic rings. The second-order valence-corrected chi connectivity index (χ2v) is 9.27. The van der Waals surface area contributed by atoms with Crippen LogP contribution in [0.2, 0.25) is 5.02 Å². The van der Waals surface area contributed by atoms with Crippen LogP contribution in [-0.4, -0.2) is 26.6 Å². The quantitative estimate of drug-likeness (QED) is 0.589. The Hall–Kier alpha value is -2.83. The Morgan fingerprint density at radius 3 is 1.77 bits per heavy atom. The molecule has 7 heteroatoms. The summed E-state index contributed by atoms with van der Waals surface area (Å²) in [5, 5.41) is 3.50. The predicted molar refractivity (Wildman–Crippen MR) is 121 cm³/mol. The zero-order valence-electron chi connectivity index (χ0n) is 16.7. The van der Waals surface area contributed by atoms with E-state index in [1.807, 2.05) is 60.7 Å². The molecule has 30 heavy (non-hydrogen) atoms. The van der Waals surface area contributed by atoms with Crippen LogP contribution in [0.3, 0.4) is 0 Å². The van der Waals surface area contributed by atoms with Crippen LogP contribution < -0.4 is 9.62 Å². The van der Waals surface area contributed by atoms with Gasteiger partial charge in [0.15, 0.2) is 0 Å². The van der Waals surface area contributed by atoms with E-state index in [1.54, 1.807) is 31.2 Å². The molecular weight excluding hydrogens is 420 g/mol. The molecule has 0 radical (unpaired) electrons. The van der Waals surface area contributed by atoms with E-state index in [1.165, 1.54) is 0 Å². The van der Waals surface area contributed by atoms with Crippen LogP contribution in [0.4, 0.5) is 5.69 Å². The first-order chi connectivity index (χ1) is 14.3. The highest BCUT2D eigenvalue weighted by Crippen LogP contribution is 2.25. The molecule has 0 aliphatic carbocycles. The lowest BCUT2D eigenvalue weighted by molar-refractivity contribution is -0.122. The lowest BCUT2D eigenvalue weighted by atomic mass is 9.98. The molecule has 0 heterocycles. The van der Waals surface area contributed by atoms with Gasteiger partial charge in [-0.15, -0.1) is 0 Å². The molecule has 0 saturated carbocycles. The van der Waals surface area contributed by atoms with Gasteiger partial charge in [-0.1, -0.05) is 72.3 Å². The van der Waals surface area contributed by atoms with E-state index in [0.717, 1.165) is 21.7 Å². The molecule has 1 atom stereocenters. The van der Waals surface area contributed by atoms with Gasteiger partial charge in [-0.25, -0.2) is 8.42 Å². The number of hydrogen-bond donors (Lipinski definition) is 1. The zero-order chi connectivity index (χ0) is 21.7. The Morgan fingerprint density at radius 1 is 0.867 bits per heavy atom. The number of halogens is 1. The van der Waals surface area contributed by atoms with Crippen molar-refractivity contribution in [2.24, 2.45) is 0 Å². The van der Waals surface area contributed by atoms with Crippen LogP contribution in [-0.2, 0) is 14.8 Å². The van der Waals surface area contributed by atoms with E-state index in [2.05, 4.69) is 5.32 Å². The second-order valence-electron chi connectivity index (χ2n) is 6.97. The van der Waals surface area contributed by atoms with Crippen molar-refractivity contribution in [1.82, 2.24) is 5.32 Å². The second kappa shape index (κ2) is 9.32. The average molecular weight is 443 g/mol. The van der Waals surface area contributed by atoms with Crippen molar-refractivity contribution in [3.8, 4) is 0 Å². The van der Waals surface area contributed by atoms with Crippen LogP contribution in [0.5, 0.6) is 0 Å². The van der Waals surface area contributed by atoms with E-state index in [9.17, 15) is 13.2 Å². The normalized spacial score (nSPS) is 12.4. The number of nitrogens with one attached hydrogen (secondary N) is 1. The first-order valence-electron chi connectivity index (χ1n) is 9.42. The molecule has 156 valence electrons. The SMILES string of the molecule is C[C@@H](C(=O)NC(c1ccccc1)c1ccccc1)N(c1ccc(Cl)cc1)S(C)(=O)=O. The molecule has 1 N–H and O–H groups in total. The molecular formula is C23H23ClN2O3S. The third-order valence-corrected chi connectivity index (χ3v) is 6.22. The zero-order valence-corrected chi connectivity index (χ0v) is 18.3. The van der Waals surface area contributed by atoms with Crippen LogP contribution in [0.15, 0.2) is 84.9 Å². The van der Waals surface area contributed by atoms with Gasteiger partial charge in [-0.2, -0.15) is 0 Å². The smallest absolute Gasteiger partial charge is 0.244 e. The summed E-state index contributed by atoms with van der Waals surface area (Å²) in [5.74, 6) is -0.409. The van der Waals surface area contributed by atoms with Gasteiger partial charge in [0, 0.05) is 5.02 Å². The minimum absolute atomic E-state index is 0.375. The maximum Gasteiger partial charge on any atom is 0.244 e. The number of amides is 1. The van der Waals surface area contributed by atoms with Gasteiger partial charge in [0.05, 0.1) is 18.0 Å². The number of nitrogens with zero attached hydrogens (tertiary/aromatic N) is 1. The minimum atomic E-state index is -3.71. The predicted octanol–water partition coefficient (Wildman–Crippen LogP) is 4.40. The maximum absolute atomic E-state index is 13.2. The topological polar surface area (TPSA) is 66.5 Å². The van der Waals surface area contributed by atoms with Crippen molar-refractivity contribution in [3.05, 3.63) is 101 Å². The van der Waals surface area contributed by atoms with E-state index in [4.69, 9.17) is 11.6 Å². The van der Waals surface area contributed by atoms with Gasteiger partial charge in [0.25, 0.3) is 0 Å². The fourth-order valence-corrected chi connectivity index (χ4v) is 4.61. The Balaban J connectivity index is 1.93. The van der Waals surface area contributed by atoms with Crippen molar-refractivity contribution in [2.45, 2.75) is 19.0 Å². The van der Waals surface area contributed by atoms with Gasteiger partial charge >= 0.3 is 0 Å². The Kier molecular flexibility index (Phi) is 6.80. The van der Waals surface area contributed by atoms with E-state index >= 15 is 0 Å². The summed E-state index contributed by atoms with van der Waals surface area (Å²) in [7, 11) is -3.71. The standard InChI is InChI=1S/C23H23ClN2O3S/c1-17(26(30(2,28)29)21-15-13-20(24)14-16-21)23(27)25-22(18-9-5-3-6-10-18)19-11-7-4-8-12-19/h3-17,22H,1-2H3,(H,25,27)/t17-/m0/s1. The number of benzene rings is 3. The largest absolute Gasteiger partial charge is 0.343 e. The van der Waals surface area contributed by atoms with Gasteiger partial charge < -0.3 is 5.32 Å². The molecule has 0 aliphatic heterocycles. The Bertz CT molecular complexity index is 1050. The first kappa shape index (κ1) is 21.9. The third kappa shape index (κ3) is 5.20. The summed E-state index contributed by atoms with van der Waals surface area (Å²) >= 11 is 5.93. The summed E-state index contributed by atoms with van der Waals surface area (Å²) in [6.45, 7) is 1.57. The lowest BCUT2D eigenvalue weighted by Crippen LogP contribution is -2.48. The number of sulfonamides is 1. The van der Waals surface area contributed by atoms with Crippen molar-refractivity contribution >= 4 is 33.2 Å². The molecule has 0 saturated heterocycles. The van der Waals surface area contributed by atoms with Crippen LogP contribution in [0.25, 0.3) is 0 Å². The van der Waals surface area contributed by atoms with Crippen LogP contribution in [0.1, 0.15) is 24.1 Å². The van der Waals surface area contributed by atoms with Crippen molar-refractivity contribution in [3.63, 3.8) is 0 Å². The van der Waals surface area contributed by atoms with Gasteiger partial charge in [-0.05, 0) is 42.3 Å². The number of carbonyl (C=O) groups is 1. The monoisotopic (exact) mass is 442 g/mol. The minimum Gasteiger partial charge on any atom is -0.343 e. The summed E-state index contributed by atoms with van der Waals surface area (Å²) in [6.07, 6.45) is 1.08.